The van der Waals surface area contributed by atoms with Gasteiger partial charge in [0, 0.05) is 33.9 Å². The highest BCUT2D eigenvalue weighted by Gasteiger charge is 2.40. The molecule has 1 aliphatic rings. The number of H-pyrrole nitrogens is 1. The minimum Gasteiger partial charge on any atom is -0.352 e. The number of azide groups is 1. The second-order valence-corrected chi connectivity index (χ2v) is 12.4. The van der Waals surface area contributed by atoms with Crippen molar-refractivity contribution >= 4 is 19.4 Å². The van der Waals surface area contributed by atoms with E-state index in [1.165, 1.54) is 13.1 Å². The first-order valence-corrected chi connectivity index (χ1v) is 13.0. The number of aromatic amines is 1. The van der Waals surface area contributed by atoms with Crippen LogP contribution < -0.4 is 11.2 Å². The predicted octanol–water partition coefficient (Wildman–Crippen LogP) is 3.20. The zero-order valence-electron chi connectivity index (χ0n) is 22.0. The van der Waals surface area contributed by atoms with Crippen LogP contribution in [0.15, 0.2) is 20.9 Å². The zero-order chi connectivity index (χ0) is 28.2. The molecule has 0 bridgehead atoms. The summed E-state index contributed by atoms with van der Waals surface area (Å²) in [6.45, 7) is 9.81. The number of hydrogen-bond acceptors (Lipinski definition) is 10. The fraction of sp³-hybridized carbons (Fsp3) is 0.727. The Bertz CT molecular complexity index is 1190. The standard InChI is InChI=1S/C22H34N5O9P/c1-13-9-27(20(31)24-19(13)30)18-8-14(25-26-23)15(36-18)10-33-37(32,34-11-16(28)21(2,3)4)35-12-17(29)22(5,6)7/h9,14-15,18H,8,10-12H2,1-7H3,(H,24,30,31). The summed E-state index contributed by atoms with van der Waals surface area (Å²) in [4.78, 5) is 53.6. The molecular formula is C22H34N5O9P. The molecule has 0 spiro atoms. The number of aryl methyl sites for hydroxylation is 1. The molecule has 0 aromatic carbocycles. The van der Waals surface area contributed by atoms with E-state index in [4.69, 9.17) is 23.8 Å². The van der Waals surface area contributed by atoms with Crippen LogP contribution in [-0.2, 0) is 32.5 Å². The second kappa shape index (κ2) is 11.8. The maximum Gasteiger partial charge on any atom is 0.475 e. The molecule has 1 saturated heterocycles. The lowest BCUT2D eigenvalue weighted by Crippen LogP contribution is -2.33. The van der Waals surface area contributed by atoms with Crippen molar-refractivity contribution in [2.75, 3.05) is 19.8 Å². The number of carbonyl (C=O) groups is 2. The van der Waals surface area contributed by atoms with Crippen LogP contribution in [-0.4, -0.2) is 53.1 Å². The molecule has 14 nitrogen and oxygen atoms in total. The van der Waals surface area contributed by atoms with Crippen molar-refractivity contribution in [3.63, 3.8) is 0 Å². The van der Waals surface area contributed by atoms with E-state index in [0.29, 0.717) is 0 Å². The van der Waals surface area contributed by atoms with Gasteiger partial charge in [0.15, 0.2) is 11.6 Å². The summed E-state index contributed by atoms with van der Waals surface area (Å²) in [6, 6.07) is -0.838. The molecule has 206 valence electrons. The average molecular weight is 544 g/mol. The van der Waals surface area contributed by atoms with Crippen molar-refractivity contribution in [3.05, 3.63) is 43.0 Å². The molecule has 15 heteroatoms. The minimum atomic E-state index is -4.45. The summed E-state index contributed by atoms with van der Waals surface area (Å²) >= 11 is 0. The Labute approximate surface area is 213 Å². The summed E-state index contributed by atoms with van der Waals surface area (Å²) in [5, 5.41) is 3.67. The van der Waals surface area contributed by atoms with E-state index in [9.17, 15) is 23.7 Å². The summed E-state index contributed by atoms with van der Waals surface area (Å²) in [6.07, 6.45) is -0.536. The summed E-state index contributed by atoms with van der Waals surface area (Å²) in [5.41, 5.74) is 6.39. The highest BCUT2D eigenvalue weighted by Crippen LogP contribution is 2.50. The SMILES string of the molecule is Cc1cn(C2CC(N=[N+]=[N-])C(COP(=O)(OCC(=O)C(C)(C)C)OCC(=O)C(C)(C)C)O2)c(=O)[nH]c1=O. The summed E-state index contributed by atoms with van der Waals surface area (Å²) < 4.78 is 36.3. The Morgan fingerprint density at radius 3 is 2.16 bits per heavy atom. The number of aromatic nitrogens is 2. The number of carbonyl (C=O) groups excluding carboxylic acids is 2. The fourth-order valence-corrected chi connectivity index (χ4v) is 4.11. The smallest absolute Gasteiger partial charge is 0.352 e. The lowest BCUT2D eigenvalue weighted by molar-refractivity contribution is -0.130. The molecule has 1 fully saturated rings. The molecule has 1 aromatic rings. The first-order valence-electron chi connectivity index (χ1n) is 11.6. The molecule has 0 radical (unpaired) electrons. The van der Waals surface area contributed by atoms with Crippen LogP contribution in [0.3, 0.4) is 0 Å². The highest BCUT2D eigenvalue weighted by molar-refractivity contribution is 7.48. The van der Waals surface area contributed by atoms with Crippen molar-refractivity contribution in [3.8, 4) is 0 Å². The first-order chi connectivity index (χ1) is 17.0. The van der Waals surface area contributed by atoms with Crippen molar-refractivity contribution in [1.82, 2.24) is 9.55 Å². The third-order valence-electron chi connectivity index (χ3n) is 5.64. The van der Waals surface area contributed by atoms with Crippen LogP contribution in [0.1, 0.15) is 59.8 Å². The molecule has 0 saturated carbocycles. The lowest BCUT2D eigenvalue weighted by atomic mass is 9.91. The number of ether oxygens (including phenoxy) is 1. The number of Topliss-reactive ketones (excluding diaryl/α,β-unsaturated/α-hetero) is 2. The molecule has 2 heterocycles. The van der Waals surface area contributed by atoms with Gasteiger partial charge in [-0.3, -0.25) is 37.5 Å². The van der Waals surface area contributed by atoms with Gasteiger partial charge in [-0.1, -0.05) is 46.7 Å². The van der Waals surface area contributed by atoms with Gasteiger partial charge in [0.25, 0.3) is 5.56 Å². The van der Waals surface area contributed by atoms with E-state index < -0.39 is 68.1 Å². The van der Waals surface area contributed by atoms with Gasteiger partial charge in [-0.2, -0.15) is 0 Å². The summed E-state index contributed by atoms with van der Waals surface area (Å²) in [7, 11) is -4.45. The quantitative estimate of drug-likeness (QED) is 0.189. The second-order valence-electron chi connectivity index (χ2n) is 10.8. The number of ketones is 2. The fourth-order valence-electron chi connectivity index (χ4n) is 3.01. The Morgan fingerprint density at radius 2 is 1.68 bits per heavy atom. The van der Waals surface area contributed by atoms with Crippen LogP contribution in [0.5, 0.6) is 0 Å². The van der Waals surface area contributed by atoms with Crippen LogP contribution in [0.25, 0.3) is 10.4 Å². The van der Waals surface area contributed by atoms with Crippen LogP contribution in [0, 0.1) is 17.8 Å². The normalized spacial score (nSPS) is 20.5. The molecule has 3 unspecified atom stereocenters. The molecule has 3 atom stereocenters. The average Bonchev–Trinajstić information content (AvgIpc) is 3.18. The number of hydrogen-bond donors (Lipinski definition) is 1. The third kappa shape index (κ3) is 8.46. The van der Waals surface area contributed by atoms with Crippen molar-refractivity contribution in [1.29, 1.82) is 0 Å². The number of nitrogens with zero attached hydrogens (tertiary/aromatic N) is 4. The van der Waals surface area contributed by atoms with Crippen molar-refractivity contribution in [2.45, 2.75) is 73.3 Å². The molecular weight excluding hydrogens is 509 g/mol. The van der Waals surface area contributed by atoms with Gasteiger partial charge in [-0.05, 0) is 12.5 Å². The van der Waals surface area contributed by atoms with E-state index in [1.54, 1.807) is 41.5 Å². The molecule has 1 aliphatic heterocycles. The van der Waals surface area contributed by atoms with Crippen LogP contribution >= 0.6 is 7.82 Å². The lowest BCUT2D eigenvalue weighted by Gasteiger charge is -2.24. The molecule has 2 rings (SSSR count). The van der Waals surface area contributed by atoms with Crippen molar-refractivity contribution < 1.29 is 32.5 Å². The largest absolute Gasteiger partial charge is 0.475 e. The number of phosphoric acid groups is 1. The van der Waals surface area contributed by atoms with Gasteiger partial charge in [-0.25, -0.2) is 9.36 Å². The predicted molar refractivity (Wildman–Crippen MR) is 132 cm³/mol. The zero-order valence-corrected chi connectivity index (χ0v) is 22.9. The molecule has 0 aliphatic carbocycles. The van der Waals surface area contributed by atoms with Crippen molar-refractivity contribution in [2.24, 2.45) is 15.9 Å². The van der Waals surface area contributed by atoms with E-state index in [-0.39, 0.29) is 23.6 Å². The van der Waals surface area contributed by atoms with Crippen LogP contribution in [0.2, 0.25) is 0 Å². The van der Waals surface area contributed by atoms with Gasteiger partial charge in [-0.15, -0.1) is 0 Å². The van der Waals surface area contributed by atoms with Gasteiger partial charge in [0.1, 0.15) is 19.4 Å². The Morgan fingerprint density at radius 1 is 1.14 bits per heavy atom. The Balaban J connectivity index is 2.22. The highest BCUT2D eigenvalue weighted by atomic mass is 31.2. The first kappa shape index (κ1) is 30.6. The van der Waals surface area contributed by atoms with E-state index in [2.05, 4.69) is 15.0 Å². The van der Waals surface area contributed by atoms with Crippen LogP contribution in [0.4, 0.5) is 0 Å². The van der Waals surface area contributed by atoms with Gasteiger partial charge < -0.3 is 4.74 Å². The number of nitrogens with one attached hydrogen (secondary N) is 1. The van der Waals surface area contributed by atoms with E-state index in [0.717, 1.165) is 4.57 Å². The molecule has 37 heavy (non-hydrogen) atoms. The Hall–Kier alpha value is -2.60. The van der Waals surface area contributed by atoms with E-state index >= 15 is 0 Å². The van der Waals surface area contributed by atoms with Gasteiger partial charge in [0.05, 0.1) is 18.8 Å². The minimum absolute atomic E-state index is 0.0561. The Kier molecular flexibility index (Phi) is 9.81. The molecule has 1 aromatic heterocycles. The number of rotatable bonds is 11. The maximum atomic E-state index is 13.4. The number of phosphoric ester groups is 1. The monoisotopic (exact) mass is 543 g/mol. The topological polar surface area (TPSA) is 192 Å². The summed E-state index contributed by atoms with van der Waals surface area (Å²) in [5.74, 6) is -0.752. The van der Waals surface area contributed by atoms with Gasteiger partial charge in [0.2, 0.25) is 0 Å². The third-order valence-corrected chi connectivity index (χ3v) is 6.99. The molecule has 0 amide bonds. The molecule has 1 N–H and O–H groups in total. The van der Waals surface area contributed by atoms with E-state index in [1.807, 2.05) is 0 Å². The van der Waals surface area contributed by atoms with Gasteiger partial charge >= 0.3 is 13.5 Å². The maximum absolute atomic E-state index is 13.4.